The van der Waals surface area contributed by atoms with Crippen molar-refractivity contribution in [2.24, 2.45) is 0 Å². The van der Waals surface area contributed by atoms with Gasteiger partial charge in [0.1, 0.15) is 0 Å². The molecule has 1 aromatic heterocycles. The zero-order valence-corrected chi connectivity index (χ0v) is 16.9. The van der Waals surface area contributed by atoms with Crippen LogP contribution in [0.4, 0.5) is 22.9 Å². The van der Waals surface area contributed by atoms with Crippen molar-refractivity contribution in [3.05, 3.63) is 71.9 Å². The second-order valence-electron chi connectivity index (χ2n) is 7.86. The third-order valence-electron chi connectivity index (χ3n) is 5.85. The molecule has 0 unspecified atom stereocenters. The summed E-state index contributed by atoms with van der Waals surface area (Å²) in [5.41, 5.74) is 4.77. The highest BCUT2D eigenvalue weighted by atomic mass is 16.2. The van der Waals surface area contributed by atoms with Crippen molar-refractivity contribution in [1.82, 2.24) is 10.2 Å². The molecule has 30 heavy (non-hydrogen) atoms. The standard InChI is InChI=1S/C24H25N5O/c30-24(29-17-5-7-18-6-1-2-8-22(18)29)21-13-14-23(27-26-21)25-19-9-11-20(12-10-19)28-15-3-4-16-28/h1-2,6,8-14H,3-5,7,15-17H2,(H,25,27). The fraction of sp³-hybridized carbons (Fsp3) is 0.292. The normalized spacial score (nSPS) is 15.7. The van der Waals surface area contributed by atoms with Gasteiger partial charge in [-0.05, 0) is 73.7 Å². The Labute approximate surface area is 176 Å². The highest BCUT2D eigenvalue weighted by molar-refractivity contribution is 6.05. The Balaban J connectivity index is 1.27. The molecule has 0 aliphatic carbocycles. The van der Waals surface area contributed by atoms with Gasteiger partial charge in [0.05, 0.1) is 0 Å². The van der Waals surface area contributed by atoms with E-state index >= 15 is 0 Å². The lowest BCUT2D eigenvalue weighted by atomic mass is 10.0. The number of rotatable bonds is 4. The van der Waals surface area contributed by atoms with Gasteiger partial charge in [0.2, 0.25) is 0 Å². The van der Waals surface area contributed by atoms with Gasteiger partial charge in [-0.3, -0.25) is 4.79 Å². The zero-order chi connectivity index (χ0) is 20.3. The minimum atomic E-state index is -0.101. The van der Waals surface area contributed by atoms with Gasteiger partial charge in [-0.25, -0.2) is 0 Å². The lowest BCUT2D eigenvalue weighted by Gasteiger charge is -2.29. The molecule has 0 saturated carbocycles. The van der Waals surface area contributed by atoms with Gasteiger partial charge < -0.3 is 15.1 Å². The molecule has 0 radical (unpaired) electrons. The summed E-state index contributed by atoms with van der Waals surface area (Å²) in [6.07, 6.45) is 4.50. The van der Waals surface area contributed by atoms with Gasteiger partial charge in [-0.2, -0.15) is 0 Å². The number of nitrogens with zero attached hydrogens (tertiary/aromatic N) is 4. The number of carbonyl (C=O) groups is 1. The minimum Gasteiger partial charge on any atom is -0.372 e. The van der Waals surface area contributed by atoms with Crippen LogP contribution in [-0.2, 0) is 6.42 Å². The van der Waals surface area contributed by atoms with E-state index in [4.69, 9.17) is 0 Å². The van der Waals surface area contributed by atoms with Crippen LogP contribution in [0.15, 0.2) is 60.7 Å². The molecule has 1 fully saturated rings. The summed E-state index contributed by atoms with van der Waals surface area (Å²) in [6, 6.07) is 20.0. The molecule has 1 saturated heterocycles. The van der Waals surface area contributed by atoms with E-state index in [2.05, 4.69) is 50.7 Å². The smallest absolute Gasteiger partial charge is 0.278 e. The number of para-hydroxylation sites is 1. The molecular formula is C24H25N5O. The van der Waals surface area contributed by atoms with Crippen LogP contribution in [0.25, 0.3) is 0 Å². The van der Waals surface area contributed by atoms with E-state index in [1.54, 1.807) is 6.07 Å². The van der Waals surface area contributed by atoms with Crippen LogP contribution in [0.3, 0.4) is 0 Å². The molecule has 0 spiro atoms. The predicted octanol–water partition coefficient (Wildman–Crippen LogP) is 4.41. The van der Waals surface area contributed by atoms with Crippen molar-refractivity contribution in [3.8, 4) is 0 Å². The molecule has 5 rings (SSSR count). The summed E-state index contributed by atoms with van der Waals surface area (Å²) in [7, 11) is 0. The molecule has 2 aliphatic rings. The molecule has 3 heterocycles. The second kappa shape index (κ2) is 8.14. The van der Waals surface area contributed by atoms with Gasteiger partial charge in [-0.15, -0.1) is 10.2 Å². The first-order chi connectivity index (χ1) is 14.8. The van der Waals surface area contributed by atoms with E-state index in [1.165, 1.54) is 24.1 Å². The Hall–Kier alpha value is -3.41. The number of aromatic nitrogens is 2. The van der Waals surface area contributed by atoms with Crippen LogP contribution < -0.4 is 15.1 Å². The first-order valence-corrected chi connectivity index (χ1v) is 10.6. The monoisotopic (exact) mass is 399 g/mol. The van der Waals surface area contributed by atoms with E-state index in [0.29, 0.717) is 18.1 Å². The number of anilines is 4. The van der Waals surface area contributed by atoms with E-state index in [9.17, 15) is 4.79 Å². The average Bonchev–Trinajstić information content (AvgIpc) is 3.34. The molecule has 152 valence electrons. The molecule has 1 amide bonds. The number of benzene rings is 2. The van der Waals surface area contributed by atoms with Crippen molar-refractivity contribution < 1.29 is 4.79 Å². The van der Waals surface area contributed by atoms with Crippen LogP contribution >= 0.6 is 0 Å². The van der Waals surface area contributed by atoms with Crippen molar-refractivity contribution in [2.75, 3.05) is 34.8 Å². The van der Waals surface area contributed by atoms with Crippen molar-refractivity contribution >= 4 is 28.8 Å². The summed E-state index contributed by atoms with van der Waals surface area (Å²) in [6.45, 7) is 2.98. The molecule has 2 aliphatic heterocycles. The molecule has 0 bridgehead atoms. The maximum atomic E-state index is 13.0. The van der Waals surface area contributed by atoms with Gasteiger partial charge in [0, 0.05) is 36.7 Å². The molecule has 0 atom stereocenters. The summed E-state index contributed by atoms with van der Waals surface area (Å²) < 4.78 is 0. The second-order valence-corrected chi connectivity index (χ2v) is 7.86. The van der Waals surface area contributed by atoms with Crippen molar-refractivity contribution in [1.29, 1.82) is 0 Å². The quantitative estimate of drug-likeness (QED) is 0.704. The van der Waals surface area contributed by atoms with Crippen LogP contribution in [0.1, 0.15) is 35.3 Å². The van der Waals surface area contributed by atoms with Crippen LogP contribution in [0.2, 0.25) is 0 Å². The van der Waals surface area contributed by atoms with Crippen LogP contribution in [0.5, 0.6) is 0 Å². The summed E-state index contributed by atoms with van der Waals surface area (Å²) in [4.78, 5) is 17.2. The number of fused-ring (bicyclic) bond motifs is 1. The maximum Gasteiger partial charge on any atom is 0.278 e. The fourth-order valence-corrected chi connectivity index (χ4v) is 4.27. The topological polar surface area (TPSA) is 61.4 Å². The number of amides is 1. The molecule has 6 nitrogen and oxygen atoms in total. The Morgan fingerprint density at radius 3 is 2.40 bits per heavy atom. The summed E-state index contributed by atoms with van der Waals surface area (Å²) in [5.74, 6) is 0.524. The van der Waals surface area contributed by atoms with E-state index in [0.717, 1.165) is 37.3 Å². The summed E-state index contributed by atoms with van der Waals surface area (Å²) in [5, 5.41) is 11.7. The van der Waals surface area contributed by atoms with E-state index in [1.807, 2.05) is 29.2 Å². The highest BCUT2D eigenvalue weighted by Crippen LogP contribution is 2.28. The Morgan fingerprint density at radius 2 is 1.63 bits per heavy atom. The van der Waals surface area contributed by atoms with Crippen LogP contribution in [-0.4, -0.2) is 35.7 Å². The third kappa shape index (κ3) is 3.73. The van der Waals surface area contributed by atoms with Gasteiger partial charge in [0.15, 0.2) is 11.5 Å². The van der Waals surface area contributed by atoms with Gasteiger partial charge in [-0.1, -0.05) is 18.2 Å². The SMILES string of the molecule is O=C(c1ccc(Nc2ccc(N3CCCC3)cc2)nn1)N1CCCc2ccccc21. The Bertz CT molecular complexity index is 1030. The van der Waals surface area contributed by atoms with Gasteiger partial charge in [0.25, 0.3) is 5.91 Å². The first-order valence-electron chi connectivity index (χ1n) is 10.6. The number of aryl methyl sites for hydroxylation is 1. The Kier molecular flexibility index (Phi) is 5.05. The van der Waals surface area contributed by atoms with Crippen molar-refractivity contribution in [3.63, 3.8) is 0 Å². The third-order valence-corrected chi connectivity index (χ3v) is 5.85. The lowest BCUT2D eigenvalue weighted by Crippen LogP contribution is -2.36. The minimum absolute atomic E-state index is 0.101. The molecule has 3 aromatic rings. The zero-order valence-electron chi connectivity index (χ0n) is 16.9. The summed E-state index contributed by atoms with van der Waals surface area (Å²) >= 11 is 0. The van der Waals surface area contributed by atoms with Crippen molar-refractivity contribution in [2.45, 2.75) is 25.7 Å². The fourth-order valence-electron chi connectivity index (χ4n) is 4.27. The van der Waals surface area contributed by atoms with Crippen LogP contribution in [0, 0.1) is 0 Å². The van der Waals surface area contributed by atoms with Gasteiger partial charge >= 0.3 is 0 Å². The largest absolute Gasteiger partial charge is 0.372 e. The van der Waals surface area contributed by atoms with E-state index in [-0.39, 0.29) is 5.91 Å². The lowest BCUT2D eigenvalue weighted by molar-refractivity contribution is 0.0979. The number of carbonyl (C=O) groups excluding carboxylic acids is 1. The maximum absolute atomic E-state index is 13.0. The molecular weight excluding hydrogens is 374 g/mol. The highest BCUT2D eigenvalue weighted by Gasteiger charge is 2.24. The number of hydrogen-bond acceptors (Lipinski definition) is 5. The molecule has 1 N–H and O–H groups in total. The number of hydrogen-bond donors (Lipinski definition) is 1. The Morgan fingerprint density at radius 1 is 0.833 bits per heavy atom. The first kappa shape index (κ1) is 18.6. The predicted molar refractivity (Wildman–Crippen MR) is 120 cm³/mol. The van der Waals surface area contributed by atoms with E-state index < -0.39 is 0 Å². The molecule has 2 aromatic carbocycles. The molecule has 6 heteroatoms. The average molecular weight is 399 g/mol. The number of nitrogens with one attached hydrogen (secondary N) is 1.